The van der Waals surface area contributed by atoms with Crippen molar-refractivity contribution in [1.82, 2.24) is 9.55 Å². The lowest BCUT2D eigenvalue weighted by atomic mass is 10.0. The lowest BCUT2D eigenvalue weighted by Crippen LogP contribution is -2.18. The molecule has 1 atom stereocenters. The molecule has 2 rings (SSSR count). The third-order valence-corrected chi connectivity index (χ3v) is 3.45. The molecule has 1 heterocycles. The summed E-state index contributed by atoms with van der Waals surface area (Å²) in [5, 5.41) is 0. The Morgan fingerprint density at radius 3 is 2.72 bits per heavy atom. The highest BCUT2D eigenvalue weighted by Gasteiger charge is 2.12. The van der Waals surface area contributed by atoms with E-state index in [9.17, 15) is 0 Å². The molecule has 1 unspecified atom stereocenters. The lowest BCUT2D eigenvalue weighted by Gasteiger charge is -2.14. The Bertz CT molecular complexity index is 528. The molecule has 2 aromatic rings. The van der Waals surface area contributed by atoms with Gasteiger partial charge in [-0.05, 0) is 43.9 Å². The molecule has 1 aromatic heterocycles. The van der Waals surface area contributed by atoms with Gasteiger partial charge in [0.15, 0.2) is 0 Å². The summed E-state index contributed by atoms with van der Waals surface area (Å²) in [6, 6.07) is 6.49. The molecule has 3 nitrogen and oxygen atoms in total. The molecule has 1 aromatic carbocycles. The molecule has 0 radical (unpaired) electrons. The summed E-state index contributed by atoms with van der Waals surface area (Å²) < 4.78 is 2.10. The van der Waals surface area contributed by atoms with Crippen LogP contribution in [0.1, 0.15) is 35.5 Å². The fraction of sp³-hybridized carbons (Fsp3) is 0.400. The van der Waals surface area contributed by atoms with Crippen LogP contribution in [0.2, 0.25) is 0 Å². The smallest absolute Gasteiger partial charge is 0.125 e. The van der Waals surface area contributed by atoms with Gasteiger partial charge in [-0.1, -0.05) is 18.2 Å². The topological polar surface area (TPSA) is 43.8 Å². The number of aromatic nitrogens is 2. The van der Waals surface area contributed by atoms with Crippen LogP contribution in [0.5, 0.6) is 0 Å². The lowest BCUT2D eigenvalue weighted by molar-refractivity contribution is 0.600. The number of nitrogens with two attached hydrogens (primary N) is 1. The summed E-state index contributed by atoms with van der Waals surface area (Å²) in [5.74, 6) is 0.968. The van der Waals surface area contributed by atoms with E-state index in [2.05, 4.69) is 48.5 Å². The zero-order chi connectivity index (χ0) is 13.1. The zero-order valence-corrected chi connectivity index (χ0v) is 11.4. The molecule has 0 aliphatic rings. The molecule has 0 saturated heterocycles. The predicted octanol–water partition coefficient (Wildman–Crippen LogP) is 2.76. The van der Waals surface area contributed by atoms with Gasteiger partial charge in [-0.2, -0.15) is 0 Å². The first-order valence-electron chi connectivity index (χ1n) is 6.44. The number of aryl methyl sites for hydroxylation is 3. The monoisotopic (exact) mass is 243 g/mol. The second-order valence-electron chi connectivity index (χ2n) is 4.80. The minimum Gasteiger partial charge on any atom is -0.334 e. The van der Waals surface area contributed by atoms with Gasteiger partial charge in [-0.15, -0.1) is 0 Å². The number of imidazole rings is 1. The Hall–Kier alpha value is -1.61. The van der Waals surface area contributed by atoms with Crippen LogP contribution in [0.15, 0.2) is 30.6 Å². The Morgan fingerprint density at radius 1 is 1.28 bits per heavy atom. The molecule has 3 heteroatoms. The maximum Gasteiger partial charge on any atom is 0.125 e. The SMILES string of the molecule is CCn1ccnc1C(N)Cc1ccc(C)c(C)c1. The van der Waals surface area contributed by atoms with Crippen molar-refractivity contribution in [3.05, 3.63) is 53.1 Å². The van der Waals surface area contributed by atoms with E-state index in [1.165, 1.54) is 16.7 Å². The van der Waals surface area contributed by atoms with Crippen LogP contribution in [0, 0.1) is 13.8 Å². The number of hydrogen-bond acceptors (Lipinski definition) is 2. The van der Waals surface area contributed by atoms with Crippen molar-refractivity contribution < 1.29 is 0 Å². The minimum absolute atomic E-state index is 0.0398. The molecule has 0 spiro atoms. The van der Waals surface area contributed by atoms with Gasteiger partial charge in [0.2, 0.25) is 0 Å². The first-order valence-corrected chi connectivity index (χ1v) is 6.44. The predicted molar refractivity (Wildman–Crippen MR) is 74.4 cm³/mol. The van der Waals surface area contributed by atoms with Crippen molar-refractivity contribution >= 4 is 0 Å². The first kappa shape index (κ1) is 12.8. The second-order valence-corrected chi connectivity index (χ2v) is 4.80. The van der Waals surface area contributed by atoms with Crippen LogP contribution < -0.4 is 5.73 Å². The van der Waals surface area contributed by atoms with E-state index in [0.29, 0.717) is 0 Å². The summed E-state index contributed by atoms with van der Waals surface area (Å²) >= 11 is 0. The molecular weight excluding hydrogens is 222 g/mol. The molecule has 0 bridgehead atoms. The number of nitrogens with zero attached hydrogens (tertiary/aromatic N) is 2. The van der Waals surface area contributed by atoms with Gasteiger partial charge in [0, 0.05) is 18.9 Å². The molecule has 0 saturated carbocycles. The largest absolute Gasteiger partial charge is 0.334 e. The van der Waals surface area contributed by atoms with E-state index < -0.39 is 0 Å². The molecule has 0 amide bonds. The van der Waals surface area contributed by atoms with Gasteiger partial charge in [0.25, 0.3) is 0 Å². The Morgan fingerprint density at radius 2 is 2.06 bits per heavy atom. The first-order chi connectivity index (χ1) is 8.61. The molecular formula is C15H21N3. The van der Waals surface area contributed by atoms with Crippen LogP contribution in [-0.4, -0.2) is 9.55 Å². The van der Waals surface area contributed by atoms with Crippen molar-refractivity contribution in [2.75, 3.05) is 0 Å². The van der Waals surface area contributed by atoms with E-state index in [1.54, 1.807) is 0 Å². The summed E-state index contributed by atoms with van der Waals surface area (Å²) in [4.78, 5) is 4.36. The van der Waals surface area contributed by atoms with E-state index in [4.69, 9.17) is 5.73 Å². The minimum atomic E-state index is -0.0398. The van der Waals surface area contributed by atoms with E-state index in [-0.39, 0.29) is 6.04 Å². The van der Waals surface area contributed by atoms with Crippen molar-refractivity contribution in [3.8, 4) is 0 Å². The summed E-state index contributed by atoms with van der Waals surface area (Å²) in [5.41, 5.74) is 10.2. The average Bonchev–Trinajstić information content (AvgIpc) is 2.82. The van der Waals surface area contributed by atoms with Crippen LogP contribution in [-0.2, 0) is 13.0 Å². The Kier molecular flexibility index (Phi) is 3.82. The summed E-state index contributed by atoms with van der Waals surface area (Å²) in [6.07, 6.45) is 4.63. The normalized spacial score (nSPS) is 12.7. The standard InChI is InChI=1S/C15H21N3/c1-4-18-8-7-17-15(18)14(16)10-13-6-5-11(2)12(3)9-13/h5-9,14H,4,10,16H2,1-3H3. The van der Waals surface area contributed by atoms with Crippen LogP contribution in [0.25, 0.3) is 0 Å². The maximum atomic E-state index is 6.25. The average molecular weight is 243 g/mol. The molecule has 0 fully saturated rings. The molecule has 18 heavy (non-hydrogen) atoms. The molecule has 96 valence electrons. The fourth-order valence-corrected chi connectivity index (χ4v) is 2.19. The van der Waals surface area contributed by atoms with E-state index >= 15 is 0 Å². The van der Waals surface area contributed by atoms with Gasteiger partial charge >= 0.3 is 0 Å². The molecule has 2 N–H and O–H groups in total. The van der Waals surface area contributed by atoms with Gasteiger partial charge in [-0.25, -0.2) is 4.98 Å². The number of benzene rings is 1. The third kappa shape index (κ3) is 2.62. The van der Waals surface area contributed by atoms with E-state index in [0.717, 1.165) is 18.8 Å². The summed E-state index contributed by atoms with van der Waals surface area (Å²) in [7, 11) is 0. The number of hydrogen-bond donors (Lipinski definition) is 1. The zero-order valence-electron chi connectivity index (χ0n) is 11.4. The van der Waals surface area contributed by atoms with Gasteiger partial charge in [0.1, 0.15) is 5.82 Å². The van der Waals surface area contributed by atoms with Crippen molar-refractivity contribution in [3.63, 3.8) is 0 Å². The highest BCUT2D eigenvalue weighted by molar-refractivity contribution is 5.30. The van der Waals surface area contributed by atoms with Crippen LogP contribution in [0.4, 0.5) is 0 Å². The van der Waals surface area contributed by atoms with Crippen molar-refractivity contribution in [1.29, 1.82) is 0 Å². The highest BCUT2D eigenvalue weighted by Crippen LogP contribution is 2.17. The van der Waals surface area contributed by atoms with Crippen LogP contribution in [0.3, 0.4) is 0 Å². The molecule has 0 aliphatic heterocycles. The highest BCUT2D eigenvalue weighted by atomic mass is 15.1. The molecule has 0 aliphatic carbocycles. The third-order valence-electron chi connectivity index (χ3n) is 3.45. The Balaban J connectivity index is 2.16. The van der Waals surface area contributed by atoms with E-state index in [1.807, 2.05) is 12.4 Å². The number of rotatable bonds is 4. The van der Waals surface area contributed by atoms with Gasteiger partial charge in [-0.3, -0.25) is 0 Å². The quantitative estimate of drug-likeness (QED) is 0.897. The van der Waals surface area contributed by atoms with Crippen molar-refractivity contribution in [2.45, 2.75) is 39.8 Å². The van der Waals surface area contributed by atoms with Gasteiger partial charge < -0.3 is 10.3 Å². The Labute approximate surface area is 109 Å². The second kappa shape index (κ2) is 5.36. The van der Waals surface area contributed by atoms with Crippen molar-refractivity contribution in [2.24, 2.45) is 5.73 Å². The summed E-state index contributed by atoms with van der Waals surface area (Å²) in [6.45, 7) is 7.28. The van der Waals surface area contributed by atoms with Crippen LogP contribution >= 0.6 is 0 Å². The maximum absolute atomic E-state index is 6.25. The fourth-order valence-electron chi connectivity index (χ4n) is 2.19. The van der Waals surface area contributed by atoms with Gasteiger partial charge in [0.05, 0.1) is 6.04 Å².